The Morgan fingerprint density at radius 1 is 1.09 bits per heavy atom. The second kappa shape index (κ2) is 12.0. The molecule has 7 heteroatoms. The lowest BCUT2D eigenvalue weighted by Gasteiger charge is -2.31. The average Bonchev–Trinajstić information content (AvgIpc) is 2.77. The first-order chi connectivity index (χ1) is 16.2. The van der Waals surface area contributed by atoms with Gasteiger partial charge < -0.3 is 20.1 Å². The highest BCUT2D eigenvalue weighted by atomic mass is 16.6. The summed E-state index contributed by atoms with van der Waals surface area (Å²) in [5, 5.41) is 5.72. The van der Waals surface area contributed by atoms with Gasteiger partial charge in [0.25, 0.3) is 0 Å². The fourth-order valence-electron chi connectivity index (χ4n) is 3.95. The number of nitrogens with one attached hydrogen (secondary N) is 2. The highest BCUT2D eigenvalue weighted by molar-refractivity contribution is 5.86. The van der Waals surface area contributed by atoms with Gasteiger partial charge in [0, 0.05) is 32.6 Å². The Morgan fingerprint density at radius 2 is 1.79 bits per heavy atom. The van der Waals surface area contributed by atoms with E-state index in [-0.39, 0.29) is 12.0 Å². The molecule has 0 spiro atoms. The number of amides is 2. The number of rotatable bonds is 8. The van der Waals surface area contributed by atoms with Gasteiger partial charge in [-0.25, -0.2) is 4.79 Å². The van der Waals surface area contributed by atoms with Crippen LogP contribution >= 0.6 is 0 Å². The van der Waals surface area contributed by atoms with Crippen LogP contribution in [0.25, 0.3) is 0 Å². The number of hydrogen-bond donors (Lipinski definition) is 2. The molecule has 0 aromatic heterocycles. The van der Waals surface area contributed by atoms with E-state index >= 15 is 0 Å². The van der Waals surface area contributed by atoms with E-state index in [0.29, 0.717) is 13.0 Å². The van der Waals surface area contributed by atoms with Gasteiger partial charge in [-0.2, -0.15) is 0 Å². The SMILES string of the molecule is CC1CN(Cc2cccc(CNC(=O)C(Cc3ccccc3)NC(=O)OC(C)(C)C)c2)CCO1. The zero-order valence-corrected chi connectivity index (χ0v) is 20.7. The summed E-state index contributed by atoms with van der Waals surface area (Å²) in [7, 11) is 0. The van der Waals surface area contributed by atoms with Crippen molar-refractivity contribution in [2.24, 2.45) is 0 Å². The number of alkyl carbamates (subject to hydrolysis) is 1. The molecule has 2 amide bonds. The van der Waals surface area contributed by atoms with Gasteiger partial charge in [-0.3, -0.25) is 9.69 Å². The maximum absolute atomic E-state index is 13.1. The van der Waals surface area contributed by atoms with Gasteiger partial charge in [0.1, 0.15) is 11.6 Å². The average molecular weight is 468 g/mol. The minimum absolute atomic E-state index is 0.246. The minimum Gasteiger partial charge on any atom is -0.444 e. The summed E-state index contributed by atoms with van der Waals surface area (Å²) in [6, 6.07) is 17.1. The van der Waals surface area contributed by atoms with Crippen LogP contribution in [0.4, 0.5) is 4.79 Å². The number of morpholine rings is 1. The Balaban J connectivity index is 1.61. The fraction of sp³-hybridized carbons (Fsp3) is 0.481. The molecule has 1 heterocycles. The smallest absolute Gasteiger partial charge is 0.408 e. The Bertz CT molecular complexity index is 942. The molecule has 0 radical (unpaired) electrons. The minimum atomic E-state index is -0.740. The highest BCUT2D eigenvalue weighted by Crippen LogP contribution is 2.13. The normalized spacial score (nSPS) is 17.6. The molecular formula is C27H37N3O4. The van der Waals surface area contributed by atoms with Crippen LogP contribution in [-0.2, 0) is 33.8 Å². The van der Waals surface area contributed by atoms with Crippen molar-refractivity contribution in [3.8, 4) is 0 Å². The van der Waals surface area contributed by atoms with E-state index in [1.54, 1.807) is 20.8 Å². The molecule has 2 atom stereocenters. The second-order valence-electron chi connectivity index (χ2n) is 9.84. The first-order valence-electron chi connectivity index (χ1n) is 11.9. The third-order valence-corrected chi connectivity index (χ3v) is 5.48. The van der Waals surface area contributed by atoms with Crippen molar-refractivity contribution < 1.29 is 19.1 Å². The van der Waals surface area contributed by atoms with Crippen molar-refractivity contribution in [2.45, 2.75) is 65.0 Å². The topological polar surface area (TPSA) is 79.9 Å². The molecule has 1 saturated heterocycles. The van der Waals surface area contributed by atoms with E-state index in [1.807, 2.05) is 42.5 Å². The standard InChI is InChI=1S/C27H37N3O4/c1-20-18-30(13-14-33-20)19-23-12-8-11-22(15-23)17-28-25(31)24(16-21-9-6-5-7-10-21)29-26(32)34-27(2,3)4/h5-12,15,20,24H,13-14,16-19H2,1-4H3,(H,28,31)(H,29,32). The molecule has 0 saturated carbocycles. The van der Waals surface area contributed by atoms with Crippen LogP contribution in [-0.4, -0.2) is 54.3 Å². The van der Waals surface area contributed by atoms with Crippen LogP contribution in [0, 0.1) is 0 Å². The largest absolute Gasteiger partial charge is 0.444 e. The van der Waals surface area contributed by atoms with Crippen molar-refractivity contribution in [1.82, 2.24) is 15.5 Å². The lowest BCUT2D eigenvalue weighted by molar-refractivity contribution is -0.123. The lowest BCUT2D eigenvalue weighted by Crippen LogP contribution is -2.49. The zero-order valence-electron chi connectivity index (χ0n) is 20.7. The van der Waals surface area contributed by atoms with Crippen LogP contribution in [0.3, 0.4) is 0 Å². The van der Waals surface area contributed by atoms with Gasteiger partial charge in [-0.1, -0.05) is 54.6 Å². The molecule has 34 heavy (non-hydrogen) atoms. The maximum atomic E-state index is 13.1. The van der Waals surface area contributed by atoms with Crippen LogP contribution < -0.4 is 10.6 Å². The molecule has 1 aliphatic heterocycles. The van der Waals surface area contributed by atoms with E-state index < -0.39 is 17.7 Å². The zero-order chi connectivity index (χ0) is 24.6. The van der Waals surface area contributed by atoms with E-state index in [9.17, 15) is 9.59 Å². The molecule has 7 nitrogen and oxygen atoms in total. The number of carbonyl (C=O) groups is 2. The Labute approximate surface area is 202 Å². The molecule has 2 unspecified atom stereocenters. The molecule has 1 fully saturated rings. The van der Waals surface area contributed by atoms with Gasteiger partial charge in [0.05, 0.1) is 12.7 Å². The number of hydrogen-bond acceptors (Lipinski definition) is 5. The Hall–Kier alpha value is -2.90. The third-order valence-electron chi connectivity index (χ3n) is 5.48. The van der Waals surface area contributed by atoms with Gasteiger partial charge in [0.15, 0.2) is 0 Å². The first-order valence-corrected chi connectivity index (χ1v) is 11.9. The summed E-state index contributed by atoms with van der Waals surface area (Å²) >= 11 is 0. The second-order valence-corrected chi connectivity index (χ2v) is 9.84. The monoisotopic (exact) mass is 467 g/mol. The highest BCUT2D eigenvalue weighted by Gasteiger charge is 2.24. The molecule has 2 aromatic carbocycles. The van der Waals surface area contributed by atoms with E-state index in [1.165, 1.54) is 5.56 Å². The van der Waals surface area contributed by atoms with Crippen LogP contribution in [0.2, 0.25) is 0 Å². The van der Waals surface area contributed by atoms with Crippen molar-refractivity contribution >= 4 is 12.0 Å². The molecule has 184 valence electrons. The molecule has 3 rings (SSSR count). The molecule has 0 aliphatic carbocycles. The van der Waals surface area contributed by atoms with Gasteiger partial charge in [-0.15, -0.1) is 0 Å². The van der Waals surface area contributed by atoms with Crippen LogP contribution in [0.15, 0.2) is 54.6 Å². The molecule has 2 N–H and O–H groups in total. The van der Waals surface area contributed by atoms with Crippen molar-refractivity contribution in [3.05, 3.63) is 71.3 Å². The summed E-state index contributed by atoms with van der Waals surface area (Å²) in [4.78, 5) is 27.8. The molecular weight excluding hydrogens is 430 g/mol. The summed E-state index contributed by atoms with van der Waals surface area (Å²) in [6.45, 7) is 11.3. The van der Waals surface area contributed by atoms with Crippen molar-refractivity contribution in [2.75, 3.05) is 19.7 Å². The predicted octanol–water partition coefficient (Wildman–Crippen LogP) is 3.66. The Kier molecular flexibility index (Phi) is 9.07. The summed E-state index contributed by atoms with van der Waals surface area (Å²) < 4.78 is 11.0. The summed E-state index contributed by atoms with van der Waals surface area (Å²) in [6.07, 6.45) is 0.0156. The fourth-order valence-corrected chi connectivity index (χ4v) is 3.95. The summed E-state index contributed by atoms with van der Waals surface area (Å²) in [5.41, 5.74) is 2.54. The van der Waals surface area contributed by atoms with E-state index in [4.69, 9.17) is 9.47 Å². The van der Waals surface area contributed by atoms with E-state index in [2.05, 4.69) is 34.6 Å². The number of nitrogens with zero attached hydrogens (tertiary/aromatic N) is 1. The number of ether oxygens (including phenoxy) is 2. The summed E-state index contributed by atoms with van der Waals surface area (Å²) in [5.74, 6) is -0.248. The van der Waals surface area contributed by atoms with Crippen molar-refractivity contribution in [1.29, 1.82) is 0 Å². The third kappa shape index (κ3) is 8.80. The Morgan fingerprint density at radius 3 is 2.50 bits per heavy atom. The van der Waals surface area contributed by atoms with Crippen LogP contribution in [0.1, 0.15) is 44.4 Å². The maximum Gasteiger partial charge on any atom is 0.408 e. The predicted molar refractivity (Wildman–Crippen MR) is 132 cm³/mol. The number of benzene rings is 2. The van der Waals surface area contributed by atoms with Gasteiger partial charge in [-0.05, 0) is 44.4 Å². The molecule has 2 aromatic rings. The van der Waals surface area contributed by atoms with E-state index in [0.717, 1.165) is 37.4 Å². The quantitative estimate of drug-likeness (QED) is 0.619. The van der Waals surface area contributed by atoms with Crippen molar-refractivity contribution in [3.63, 3.8) is 0 Å². The lowest BCUT2D eigenvalue weighted by atomic mass is 10.0. The van der Waals surface area contributed by atoms with Crippen LogP contribution in [0.5, 0.6) is 0 Å². The number of carbonyl (C=O) groups excluding carboxylic acids is 2. The first kappa shape index (κ1) is 25.7. The molecule has 0 bridgehead atoms. The van der Waals surface area contributed by atoms with Gasteiger partial charge in [0.2, 0.25) is 5.91 Å². The molecule has 1 aliphatic rings. The van der Waals surface area contributed by atoms with Gasteiger partial charge >= 0.3 is 6.09 Å².